The van der Waals surface area contributed by atoms with Crippen molar-refractivity contribution in [3.63, 3.8) is 0 Å². The van der Waals surface area contributed by atoms with Gasteiger partial charge in [-0.05, 0) is 55.5 Å². The van der Waals surface area contributed by atoms with Gasteiger partial charge in [0.15, 0.2) is 4.34 Å². The maximum Gasteiger partial charge on any atom is 0.416 e. The molecule has 182 valence electrons. The number of aromatic nitrogens is 1. The van der Waals surface area contributed by atoms with Crippen LogP contribution in [0.25, 0.3) is 10.2 Å². The van der Waals surface area contributed by atoms with Crippen LogP contribution in [0, 0.1) is 6.92 Å². The molecule has 12 heteroatoms. The van der Waals surface area contributed by atoms with Crippen molar-refractivity contribution in [1.82, 2.24) is 4.98 Å². The number of fused-ring (bicyclic) bond motifs is 1. The summed E-state index contributed by atoms with van der Waals surface area (Å²) in [5.41, 5.74) is 1.17. The number of aryl methyl sites for hydroxylation is 1. The zero-order valence-electron chi connectivity index (χ0n) is 18.1. The van der Waals surface area contributed by atoms with E-state index in [1.54, 1.807) is 30.3 Å². The number of alkyl halides is 3. The fourth-order valence-corrected chi connectivity index (χ4v) is 6.02. The molecule has 1 amide bonds. The van der Waals surface area contributed by atoms with Gasteiger partial charge in [0.05, 0.1) is 32.1 Å². The average Bonchev–Trinajstić information content (AvgIpc) is 3.19. The van der Waals surface area contributed by atoms with Gasteiger partial charge in [0.25, 0.3) is 10.0 Å². The van der Waals surface area contributed by atoms with Gasteiger partial charge >= 0.3 is 6.18 Å². The zero-order chi connectivity index (χ0) is 25.2. The molecule has 4 rings (SSSR count). The number of carbonyl (C=O) groups is 1. The van der Waals surface area contributed by atoms with E-state index in [2.05, 4.69) is 15.0 Å². The molecule has 0 radical (unpaired) electrons. The molecule has 35 heavy (non-hydrogen) atoms. The monoisotopic (exact) mass is 537 g/mol. The maximum atomic E-state index is 12.8. The molecule has 0 saturated carbocycles. The fourth-order valence-electron chi connectivity index (χ4n) is 3.06. The predicted molar refractivity (Wildman–Crippen MR) is 132 cm³/mol. The zero-order valence-corrected chi connectivity index (χ0v) is 20.5. The lowest BCUT2D eigenvalue weighted by Gasteiger charge is -2.09. The molecule has 0 unspecified atom stereocenters. The average molecular weight is 538 g/mol. The van der Waals surface area contributed by atoms with Crippen LogP contribution >= 0.6 is 23.1 Å². The first-order chi connectivity index (χ1) is 16.5. The highest BCUT2D eigenvalue weighted by molar-refractivity contribution is 8.01. The Kier molecular flexibility index (Phi) is 7.06. The Labute approximate surface area is 207 Å². The third-order valence-electron chi connectivity index (χ3n) is 4.75. The second-order valence-corrected chi connectivity index (χ2v) is 11.4. The number of sulfonamides is 1. The van der Waals surface area contributed by atoms with Gasteiger partial charge in [0, 0.05) is 5.69 Å². The first-order valence-electron chi connectivity index (χ1n) is 10.1. The van der Waals surface area contributed by atoms with Crippen molar-refractivity contribution >= 4 is 60.6 Å². The lowest BCUT2D eigenvalue weighted by molar-refractivity contribution is -0.137. The van der Waals surface area contributed by atoms with Gasteiger partial charge in [0.1, 0.15) is 0 Å². The van der Waals surface area contributed by atoms with Crippen LogP contribution in [0.5, 0.6) is 0 Å². The van der Waals surface area contributed by atoms with E-state index in [9.17, 15) is 26.4 Å². The van der Waals surface area contributed by atoms with Gasteiger partial charge < -0.3 is 5.32 Å². The number of hydrogen-bond acceptors (Lipinski definition) is 6. The van der Waals surface area contributed by atoms with Crippen molar-refractivity contribution in [3.8, 4) is 0 Å². The summed E-state index contributed by atoms with van der Waals surface area (Å²) < 4.78 is 67.6. The van der Waals surface area contributed by atoms with Crippen molar-refractivity contribution in [2.75, 3.05) is 15.8 Å². The minimum absolute atomic E-state index is 0.0526. The van der Waals surface area contributed by atoms with E-state index < -0.39 is 27.7 Å². The van der Waals surface area contributed by atoms with Crippen LogP contribution < -0.4 is 10.0 Å². The maximum absolute atomic E-state index is 12.8. The highest BCUT2D eigenvalue weighted by atomic mass is 32.2. The Bertz CT molecular complexity index is 1480. The Morgan fingerprint density at radius 2 is 1.77 bits per heavy atom. The molecule has 0 aliphatic carbocycles. The number of hydrogen-bond donors (Lipinski definition) is 2. The molecule has 0 aliphatic heterocycles. The summed E-state index contributed by atoms with van der Waals surface area (Å²) in [5.74, 6) is -0.525. The third kappa shape index (κ3) is 6.32. The highest BCUT2D eigenvalue weighted by Gasteiger charge is 2.30. The number of carbonyl (C=O) groups excluding carboxylic acids is 1. The number of halogens is 3. The third-order valence-corrected chi connectivity index (χ3v) is 8.31. The first kappa shape index (κ1) is 25.0. The standard InChI is InChI=1S/C23H18F3N3O3S3/c1-14-5-8-18(9-6-14)35(31,32)29-17-7-10-19-20(12-17)34-22(28-19)33-13-21(30)27-16-4-2-3-15(11-16)23(24,25)26/h2-12,29H,13H2,1H3,(H,27,30). The van der Waals surface area contributed by atoms with E-state index in [1.807, 2.05) is 6.92 Å². The normalized spacial score (nSPS) is 12.0. The van der Waals surface area contributed by atoms with Crippen LogP contribution in [-0.4, -0.2) is 25.1 Å². The lowest BCUT2D eigenvalue weighted by atomic mass is 10.2. The van der Waals surface area contributed by atoms with E-state index in [-0.39, 0.29) is 16.3 Å². The molecule has 0 saturated heterocycles. The van der Waals surface area contributed by atoms with Gasteiger partial charge in [-0.1, -0.05) is 35.5 Å². The van der Waals surface area contributed by atoms with Gasteiger partial charge in [-0.3, -0.25) is 9.52 Å². The van der Waals surface area contributed by atoms with Gasteiger partial charge in [-0.2, -0.15) is 13.2 Å². The van der Waals surface area contributed by atoms with E-state index in [0.29, 0.717) is 15.5 Å². The van der Waals surface area contributed by atoms with Crippen LogP contribution in [0.3, 0.4) is 0 Å². The summed E-state index contributed by atoms with van der Waals surface area (Å²) in [7, 11) is -3.75. The number of anilines is 2. The number of nitrogens with one attached hydrogen (secondary N) is 2. The Hall–Kier alpha value is -3.09. The van der Waals surface area contributed by atoms with Crippen LogP contribution in [0.1, 0.15) is 11.1 Å². The fraction of sp³-hybridized carbons (Fsp3) is 0.130. The summed E-state index contributed by atoms with van der Waals surface area (Å²) in [6.07, 6.45) is -4.50. The summed E-state index contributed by atoms with van der Waals surface area (Å²) >= 11 is 2.41. The molecule has 2 N–H and O–H groups in total. The second-order valence-electron chi connectivity index (χ2n) is 7.50. The Morgan fingerprint density at radius 3 is 2.49 bits per heavy atom. The second kappa shape index (κ2) is 9.88. The Balaban J connectivity index is 1.40. The summed E-state index contributed by atoms with van der Waals surface area (Å²) in [4.78, 5) is 16.8. The minimum atomic E-state index is -4.50. The van der Waals surface area contributed by atoms with Gasteiger partial charge in [-0.15, -0.1) is 11.3 Å². The predicted octanol–water partition coefficient (Wildman–Crippen LogP) is 6.16. The molecular formula is C23H18F3N3O3S3. The largest absolute Gasteiger partial charge is 0.416 e. The molecule has 4 aromatic rings. The molecule has 0 bridgehead atoms. The van der Waals surface area contributed by atoms with Gasteiger partial charge in [0.2, 0.25) is 5.91 Å². The molecule has 0 atom stereocenters. The van der Waals surface area contributed by atoms with E-state index in [1.165, 1.54) is 35.6 Å². The van der Waals surface area contributed by atoms with Crippen LogP contribution in [0.4, 0.5) is 24.5 Å². The van der Waals surface area contributed by atoms with Crippen molar-refractivity contribution < 1.29 is 26.4 Å². The van der Waals surface area contributed by atoms with Gasteiger partial charge in [-0.25, -0.2) is 13.4 Å². The topological polar surface area (TPSA) is 88.2 Å². The molecule has 0 fully saturated rings. The number of nitrogens with zero attached hydrogens (tertiary/aromatic N) is 1. The van der Waals surface area contributed by atoms with Crippen LogP contribution in [-0.2, 0) is 21.0 Å². The van der Waals surface area contributed by atoms with Crippen molar-refractivity contribution in [3.05, 3.63) is 77.9 Å². The quantitative estimate of drug-likeness (QED) is 0.276. The lowest BCUT2D eigenvalue weighted by Crippen LogP contribution is -2.14. The molecule has 0 spiro atoms. The van der Waals surface area contributed by atoms with Crippen molar-refractivity contribution in [1.29, 1.82) is 0 Å². The first-order valence-corrected chi connectivity index (χ1v) is 13.4. The number of amides is 1. The van der Waals surface area contributed by atoms with Crippen LogP contribution in [0.2, 0.25) is 0 Å². The number of thiazole rings is 1. The Morgan fingerprint density at radius 1 is 1.03 bits per heavy atom. The van der Waals surface area contributed by atoms with Crippen LogP contribution in [0.15, 0.2) is 76.0 Å². The number of benzene rings is 3. The van der Waals surface area contributed by atoms with E-state index in [4.69, 9.17) is 0 Å². The molecule has 1 aromatic heterocycles. The smallest absolute Gasteiger partial charge is 0.325 e. The van der Waals surface area contributed by atoms with Crippen molar-refractivity contribution in [2.24, 2.45) is 0 Å². The minimum Gasteiger partial charge on any atom is -0.325 e. The van der Waals surface area contributed by atoms with Crippen molar-refractivity contribution in [2.45, 2.75) is 22.3 Å². The molecular weight excluding hydrogens is 519 g/mol. The SMILES string of the molecule is Cc1ccc(S(=O)(=O)Nc2ccc3nc(SCC(=O)Nc4cccc(C(F)(F)F)c4)sc3c2)cc1. The van der Waals surface area contributed by atoms with E-state index >= 15 is 0 Å². The number of rotatable bonds is 7. The summed E-state index contributed by atoms with van der Waals surface area (Å²) in [6, 6.07) is 15.8. The summed E-state index contributed by atoms with van der Waals surface area (Å²) in [5, 5.41) is 2.45. The van der Waals surface area contributed by atoms with E-state index in [0.717, 1.165) is 34.2 Å². The molecule has 1 heterocycles. The molecule has 3 aromatic carbocycles. The highest BCUT2D eigenvalue weighted by Crippen LogP contribution is 2.33. The summed E-state index contributed by atoms with van der Waals surface area (Å²) in [6.45, 7) is 1.87. The molecule has 6 nitrogen and oxygen atoms in total. The molecule has 0 aliphatic rings. The number of thioether (sulfide) groups is 1.